The molecule has 96 valence electrons. The van der Waals surface area contributed by atoms with Gasteiger partial charge in [0.2, 0.25) is 0 Å². The van der Waals surface area contributed by atoms with Crippen molar-refractivity contribution >= 4 is 39.3 Å². The van der Waals surface area contributed by atoms with Gasteiger partial charge in [-0.2, -0.15) is 11.8 Å². The summed E-state index contributed by atoms with van der Waals surface area (Å²) in [5.41, 5.74) is 7.26. The molecule has 0 aromatic heterocycles. The standard InChI is InChI=1S/C13H19BrClNS/c1-3-9(2)17-8-12(16)6-10-4-5-11(14)7-13(10)15/h4-5,7,9,12H,3,6,8,16H2,1-2H3. The highest BCUT2D eigenvalue weighted by atomic mass is 79.9. The summed E-state index contributed by atoms with van der Waals surface area (Å²) in [6, 6.07) is 6.15. The minimum Gasteiger partial charge on any atom is -0.327 e. The molecule has 2 N–H and O–H groups in total. The predicted molar refractivity (Wildman–Crippen MR) is 83.0 cm³/mol. The van der Waals surface area contributed by atoms with Gasteiger partial charge in [0.05, 0.1) is 0 Å². The maximum absolute atomic E-state index is 6.17. The molecular formula is C13H19BrClNS. The first-order valence-electron chi connectivity index (χ1n) is 5.84. The molecule has 1 aromatic rings. The van der Waals surface area contributed by atoms with Gasteiger partial charge in [-0.1, -0.05) is 47.4 Å². The zero-order valence-electron chi connectivity index (χ0n) is 10.2. The maximum atomic E-state index is 6.17. The van der Waals surface area contributed by atoms with Crippen molar-refractivity contribution < 1.29 is 0 Å². The molecular weight excluding hydrogens is 318 g/mol. The Morgan fingerprint density at radius 1 is 1.47 bits per heavy atom. The van der Waals surface area contributed by atoms with E-state index in [0.29, 0.717) is 5.25 Å². The van der Waals surface area contributed by atoms with Crippen molar-refractivity contribution in [3.63, 3.8) is 0 Å². The Morgan fingerprint density at radius 3 is 2.76 bits per heavy atom. The summed E-state index contributed by atoms with van der Waals surface area (Å²) in [6.07, 6.45) is 2.03. The van der Waals surface area contributed by atoms with Crippen LogP contribution in [0, 0.1) is 0 Å². The van der Waals surface area contributed by atoms with Crippen molar-refractivity contribution in [1.29, 1.82) is 0 Å². The molecule has 2 unspecified atom stereocenters. The Kier molecular flexibility index (Phi) is 6.93. The van der Waals surface area contributed by atoms with E-state index in [0.717, 1.165) is 27.2 Å². The molecule has 0 aliphatic heterocycles. The van der Waals surface area contributed by atoms with Crippen LogP contribution in [0.3, 0.4) is 0 Å². The molecule has 0 saturated carbocycles. The summed E-state index contributed by atoms with van der Waals surface area (Å²) in [4.78, 5) is 0. The Morgan fingerprint density at radius 2 is 2.18 bits per heavy atom. The lowest BCUT2D eigenvalue weighted by Crippen LogP contribution is -2.26. The molecule has 0 fully saturated rings. The first-order valence-corrected chi connectivity index (χ1v) is 8.06. The van der Waals surface area contributed by atoms with E-state index in [1.165, 1.54) is 6.42 Å². The van der Waals surface area contributed by atoms with Crippen LogP contribution in [0.5, 0.6) is 0 Å². The zero-order chi connectivity index (χ0) is 12.8. The summed E-state index contributed by atoms with van der Waals surface area (Å²) in [5, 5.41) is 1.48. The van der Waals surface area contributed by atoms with Gasteiger partial charge >= 0.3 is 0 Å². The van der Waals surface area contributed by atoms with Gasteiger partial charge in [0.25, 0.3) is 0 Å². The molecule has 0 saturated heterocycles. The Bertz CT molecular complexity index is 359. The van der Waals surface area contributed by atoms with Crippen LogP contribution in [0.1, 0.15) is 25.8 Å². The number of hydrogen-bond donors (Lipinski definition) is 1. The molecule has 4 heteroatoms. The minimum atomic E-state index is 0.174. The first-order chi connectivity index (χ1) is 8.02. The molecule has 17 heavy (non-hydrogen) atoms. The molecule has 0 heterocycles. The van der Waals surface area contributed by atoms with E-state index in [1.54, 1.807) is 0 Å². The van der Waals surface area contributed by atoms with Gasteiger partial charge in [-0.05, 0) is 30.5 Å². The summed E-state index contributed by atoms with van der Waals surface area (Å²) >= 11 is 11.5. The Hall–Kier alpha value is 0.300. The van der Waals surface area contributed by atoms with E-state index >= 15 is 0 Å². The molecule has 0 aliphatic rings. The molecule has 0 amide bonds. The van der Waals surface area contributed by atoms with E-state index in [2.05, 4.69) is 29.8 Å². The van der Waals surface area contributed by atoms with Crippen molar-refractivity contribution in [2.24, 2.45) is 5.73 Å². The third-order valence-corrected chi connectivity index (χ3v) is 5.04. The molecule has 0 spiro atoms. The topological polar surface area (TPSA) is 26.0 Å². The number of rotatable bonds is 6. The fraction of sp³-hybridized carbons (Fsp3) is 0.538. The van der Waals surface area contributed by atoms with E-state index in [9.17, 15) is 0 Å². The van der Waals surface area contributed by atoms with Crippen LogP contribution >= 0.6 is 39.3 Å². The fourth-order valence-electron chi connectivity index (χ4n) is 1.43. The van der Waals surface area contributed by atoms with E-state index in [1.807, 2.05) is 30.0 Å². The number of thioether (sulfide) groups is 1. The van der Waals surface area contributed by atoms with Crippen LogP contribution in [-0.4, -0.2) is 17.0 Å². The fourth-order valence-corrected chi connectivity index (χ4v) is 3.11. The third kappa shape index (κ3) is 5.64. The molecule has 0 aliphatic carbocycles. The Labute approximate surface area is 122 Å². The van der Waals surface area contributed by atoms with E-state index in [-0.39, 0.29) is 6.04 Å². The summed E-state index contributed by atoms with van der Waals surface area (Å²) in [7, 11) is 0. The van der Waals surface area contributed by atoms with Crippen molar-refractivity contribution in [3.05, 3.63) is 33.3 Å². The SMILES string of the molecule is CCC(C)SCC(N)Cc1ccc(Br)cc1Cl. The van der Waals surface area contributed by atoms with Crippen LogP contribution in [0.4, 0.5) is 0 Å². The molecule has 1 nitrogen and oxygen atoms in total. The number of halogens is 2. The quantitative estimate of drug-likeness (QED) is 0.827. The molecule has 0 bridgehead atoms. The second kappa shape index (κ2) is 7.67. The molecule has 2 atom stereocenters. The van der Waals surface area contributed by atoms with Crippen molar-refractivity contribution in [1.82, 2.24) is 0 Å². The highest BCUT2D eigenvalue weighted by Gasteiger charge is 2.09. The largest absolute Gasteiger partial charge is 0.327 e. The monoisotopic (exact) mass is 335 g/mol. The van der Waals surface area contributed by atoms with Gasteiger partial charge in [0, 0.05) is 26.5 Å². The summed E-state index contributed by atoms with van der Waals surface area (Å²) in [5.74, 6) is 0.987. The average molecular weight is 337 g/mol. The Balaban J connectivity index is 2.47. The van der Waals surface area contributed by atoms with E-state index in [4.69, 9.17) is 17.3 Å². The zero-order valence-corrected chi connectivity index (χ0v) is 13.4. The van der Waals surface area contributed by atoms with Gasteiger partial charge in [0.15, 0.2) is 0 Å². The second-order valence-electron chi connectivity index (χ2n) is 4.25. The smallest absolute Gasteiger partial charge is 0.0449 e. The molecule has 0 radical (unpaired) electrons. The van der Waals surface area contributed by atoms with Crippen LogP contribution in [0.15, 0.2) is 22.7 Å². The van der Waals surface area contributed by atoms with Gasteiger partial charge in [-0.15, -0.1) is 0 Å². The van der Waals surface area contributed by atoms with E-state index < -0.39 is 0 Å². The van der Waals surface area contributed by atoms with Gasteiger partial charge < -0.3 is 5.73 Å². The highest BCUT2D eigenvalue weighted by Crippen LogP contribution is 2.23. The summed E-state index contributed by atoms with van der Waals surface area (Å²) < 4.78 is 1.01. The second-order valence-corrected chi connectivity index (χ2v) is 7.05. The van der Waals surface area contributed by atoms with Gasteiger partial charge in [0.1, 0.15) is 0 Å². The maximum Gasteiger partial charge on any atom is 0.0449 e. The predicted octanol–water partition coefficient (Wildman–Crippen LogP) is 4.50. The normalized spacial score (nSPS) is 14.6. The van der Waals surface area contributed by atoms with Crippen LogP contribution in [-0.2, 0) is 6.42 Å². The molecule has 1 aromatic carbocycles. The number of nitrogens with two attached hydrogens (primary N) is 1. The van der Waals surface area contributed by atoms with Crippen molar-refractivity contribution in [2.45, 2.75) is 38.0 Å². The van der Waals surface area contributed by atoms with Crippen LogP contribution < -0.4 is 5.73 Å². The van der Waals surface area contributed by atoms with Gasteiger partial charge in [-0.3, -0.25) is 0 Å². The first kappa shape index (κ1) is 15.4. The lowest BCUT2D eigenvalue weighted by atomic mass is 10.1. The number of hydrogen-bond acceptors (Lipinski definition) is 2. The van der Waals surface area contributed by atoms with Crippen molar-refractivity contribution in [2.75, 3.05) is 5.75 Å². The lowest BCUT2D eigenvalue weighted by Gasteiger charge is -2.15. The third-order valence-electron chi connectivity index (χ3n) is 2.67. The van der Waals surface area contributed by atoms with Crippen LogP contribution in [0.2, 0.25) is 5.02 Å². The van der Waals surface area contributed by atoms with Crippen LogP contribution in [0.25, 0.3) is 0 Å². The number of benzene rings is 1. The molecule has 1 rings (SSSR count). The van der Waals surface area contributed by atoms with Crippen molar-refractivity contribution in [3.8, 4) is 0 Å². The lowest BCUT2D eigenvalue weighted by molar-refractivity contribution is 0.745. The average Bonchev–Trinajstić information content (AvgIpc) is 2.29. The highest BCUT2D eigenvalue weighted by molar-refractivity contribution is 9.10. The summed E-state index contributed by atoms with van der Waals surface area (Å²) in [6.45, 7) is 4.44. The minimum absolute atomic E-state index is 0.174. The van der Waals surface area contributed by atoms with Gasteiger partial charge in [-0.25, -0.2) is 0 Å².